The standard InChI is InChI=1S/C30H32N6O3S/c37-30(33-21-23-7-6-15-31-20-23)34-26-10-12-27(13-11-26)35-40(38,39)22-25-8-2-3-9-28(25)24-14-16-32-29(19-24)36-17-4-1-5-18-36/h2-3,6-16,19-20,35H,1,4-5,17-18,21-22H2,(H2,33,34,37). The van der Waals surface area contributed by atoms with E-state index in [1.165, 1.54) is 6.42 Å². The molecule has 0 atom stereocenters. The molecule has 0 radical (unpaired) electrons. The molecule has 0 unspecified atom stereocenters. The van der Waals surface area contributed by atoms with Crippen molar-refractivity contribution in [2.45, 2.75) is 31.6 Å². The fraction of sp³-hybridized carbons (Fsp3) is 0.233. The summed E-state index contributed by atoms with van der Waals surface area (Å²) in [4.78, 5) is 23.1. The van der Waals surface area contributed by atoms with Crippen LogP contribution in [0.1, 0.15) is 30.4 Å². The van der Waals surface area contributed by atoms with E-state index in [0.29, 0.717) is 23.5 Å². The van der Waals surface area contributed by atoms with Gasteiger partial charge in [0.2, 0.25) is 10.0 Å². The van der Waals surface area contributed by atoms with Crippen molar-refractivity contribution in [2.24, 2.45) is 0 Å². The van der Waals surface area contributed by atoms with Crippen LogP contribution in [0.3, 0.4) is 0 Å². The van der Waals surface area contributed by atoms with Crippen molar-refractivity contribution < 1.29 is 13.2 Å². The molecule has 3 heterocycles. The Bertz CT molecular complexity index is 1540. The monoisotopic (exact) mass is 556 g/mol. The van der Waals surface area contributed by atoms with Gasteiger partial charge in [-0.2, -0.15) is 0 Å². The first-order valence-electron chi connectivity index (χ1n) is 13.3. The van der Waals surface area contributed by atoms with Crippen molar-refractivity contribution in [1.29, 1.82) is 0 Å². The summed E-state index contributed by atoms with van der Waals surface area (Å²) >= 11 is 0. The fourth-order valence-corrected chi connectivity index (χ4v) is 5.94. The summed E-state index contributed by atoms with van der Waals surface area (Å²) in [5.41, 5.74) is 4.35. The highest BCUT2D eigenvalue weighted by Crippen LogP contribution is 2.29. The van der Waals surface area contributed by atoms with Crippen LogP contribution in [0.15, 0.2) is 91.4 Å². The number of carbonyl (C=O) groups is 1. The average molecular weight is 557 g/mol. The van der Waals surface area contributed by atoms with Crippen LogP contribution in [0.25, 0.3) is 11.1 Å². The van der Waals surface area contributed by atoms with E-state index in [0.717, 1.165) is 48.4 Å². The molecule has 2 aromatic carbocycles. The molecule has 10 heteroatoms. The molecule has 1 aliphatic heterocycles. The van der Waals surface area contributed by atoms with Gasteiger partial charge in [0.25, 0.3) is 0 Å². The van der Waals surface area contributed by atoms with E-state index < -0.39 is 10.0 Å². The van der Waals surface area contributed by atoms with Crippen molar-refractivity contribution >= 4 is 33.2 Å². The maximum atomic E-state index is 13.1. The molecule has 4 aromatic rings. The minimum atomic E-state index is -3.71. The molecule has 9 nitrogen and oxygen atoms in total. The van der Waals surface area contributed by atoms with E-state index in [9.17, 15) is 13.2 Å². The zero-order valence-electron chi connectivity index (χ0n) is 22.1. The van der Waals surface area contributed by atoms with Gasteiger partial charge in [-0.25, -0.2) is 18.2 Å². The third kappa shape index (κ3) is 7.35. The molecule has 0 spiro atoms. The first-order valence-corrected chi connectivity index (χ1v) is 14.9. The Balaban J connectivity index is 1.22. The maximum Gasteiger partial charge on any atom is 0.319 e. The van der Waals surface area contributed by atoms with Crippen LogP contribution >= 0.6 is 0 Å². The molecule has 3 N–H and O–H groups in total. The number of benzene rings is 2. The Morgan fingerprint density at radius 1 is 0.875 bits per heavy atom. The second-order valence-corrected chi connectivity index (χ2v) is 11.4. The van der Waals surface area contributed by atoms with Gasteiger partial charge < -0.3 is 15.5 Å². The van der Waals surface area contributed by atoms with Gasteiger partial charge in [-0.15, -0.1) is 0 Å². The summed E-state index contributed by atoms with van der Waals surface area (Å²) in [7, 11) is -3.71. The van der Waals surface area contributed by atoms with Crippen LogP contribution in [0.4, 0.5) is 22.0 Å². The van der Waals surface area contributed by atoms with Crippen LogP contribution in [0, 0.1) is 0 Å². The minimum Gasteiger partial charge on any atom is -0.357 e. The van der Waals surface area contributed by atoms with Crippen LogP contribution in [-0.4, -0.2) is 37.5 Å². The normalized spacial score (nSPS) is 13.4. The molecule has 2 aromatic heterocycles. The molecule has 1 saturated heterocycles. The van der Waals surface area contributed by atoms with Gasteiger partial charge in [0.1, 0.15) is 5.82 Å². The molecule has 206 valence electrons. The highest BCUT2D eigenvalue weighted by Gasteiger charge is 2.17. The van der Waals surface area contributed by atoms with E-state index in [2.05, 4.69) is 30.2 Å². The van der Waals surface area contributed by atoms with E-state index in [1.54, 1.807) is 48.9 Å². The third-order valence-corrected chi connectivity index (χ3v) is 7.93. The Morgan fingerprint density at radius 2 is 1.65 bits per heavy atom. The Morgan fingerprint density at radius 3 is 2.42 bits per heavy atom. The van der Waals surface area contributed by atoms with Crippen molar-refractivity contribution in [1.82, 2.24) is 15.3 Å². The predicted molar refractivity (Wildman–Crippen MR) is 159 cm³/mol. The molecule has 1 aliphatic rings. The Kier molecular flexibility index (Phi) is 8.56. The number of piperidine rings is 1. The lowest BCUT2D eigenvalue weighted by Gasteiger charge is -2.28. The number of sulfonamides is 1. The second-order valence-electron chi connectivity index (χ2n) is 9.72. The average Bonchev–Trinajstić information content (AvgIpc) is 2.98. The smallest absolute Gasteiger partial charge is 0.319 e. The lowest BCUT2D eigenvalue weighted by atomic mass is 10.0. The third-order valence-electron chi connectivity index (χ3n) is 6.69. The lowest BCUT2D eigenvalue weighted by Crippen LogP contribution is -2.30. The summed E-state index contributed by atoms with van der Waals surface area (Å²) < 4.78 is 28.9. The molecule has 5 rings (SSSR count). The van der Waals surface area contributed by atoms with E-state index in [1.807, 2.05) is 42.5 Å². The number of amides is 2. The molecular weight excluding hydrogens is 524 g/mol. The number of carbonyl (C=O) groups excluding carboxylic acids is 1. The largest absolute Gasteiger partial charge is 0.357 e. The molecule has 1 fully saturated rings. The van der Waals surface area contributed by atoms with Gasteiger partial charge in [0.05, 0.1) is 5.75 Å². The number of rotatable bonds is 9. The highest BCUT2D eigenvalue weighted by molar-refractivity contribution is 7.91. The van der Waals surface area contributed by atoms with Crippen molar-refractivity contribution in [3.05, 3.63) is 103 Å². The number of urea groups is 1. The molecular formula is C30H32N6O3S. The minimum absolute atomic E-state index is 0.179. The van der Waals surface area contributed by atoms with Crippen LogP contribution < -0.4 is 20.3 Å². The molecule has 40 heavy (non-hydrogen) atoms. The van der Waals surface area contributed by atoms with Crippen LogP contribution in [0.2, 0.25) is 0 Å². The molecule has 0 saturated carbocycles. The maximum absolute atomic E-state index is 13.1. The zero-order valence-corrected chi connectivity index (χ0v) is 22.9. The summed E-state index contributed by atoms with van der Waals surface area (Å²) in [6.45, 7) is 2.32. The molecule has 2 amide bonds. The quantitative estimate of drug-likeness (QED) is 0.254. The summed E-state index contributed by atoms with van der Waals surface area (Å²) in [5, 5.41) is 5.50. The van der Waals surface area contributed by atoms with Crippen molar-refractivity contribution in [2.75, 3.05) is 28.0 Å². The summed E-state index contributed by atoms with van der Waals surface area (Å²) in [5.74, 6) is 0.744. The van der Waals surface area contributed by atoms with E-state index in [4.69, 9.17) is 0 Å². The van der Waals surface area contributed by atoms with Crippen LogP contribution in [0.5, 0.6) is 0 Å². The van der Waals surface area contributed by atoms with Gasteiger partial charge in [0.15, 0.2) is 0 Å². The molecule has 0 bridgehead atoms. The fourth-order valence-electron chi connectivity index (χ4n) is 4.71. The Labute approximate surface area is 234 Å². The highest BCUT2D eigenvalue weighted by atomic mass is 32.2. The van der Waals surface area contributed by atoms with Crippen molar-refractivity contribution in [3.8, 4) is 11.1 Å². The topological polar surface area (TPSA) is 116 Å². The number of anilines is 3. The van der Waals surface area contributed by atoms with Gasteiger partial charge in [-0.3, -0.25) is 9.71 Å². The van der Waals surface area contributed by atoms with E-state index in [-0.39, 0.29) is 11.8 Å². The SMILES string of the molecule is O=C(NCc1cccnc1)Nc1ccc(NS(=O)(=O)Cc2ccccc2-c2ccnc(N3CCCCC3)c2)cc1. The van der Waals surface area contributed by atoms with Crippen LogP contribution in [-0.2, 0) is 22.3 Å². The zero-order chi connectivity index (χ0) is 27.8. The number of hydrogen-bond acceptors (Lipinski definition) is 6. The second kappa shape index (κ2) is 12.6. The number of hydrogen-bond donors (Lipinski definition) is 3. The number of nitrogens with zero attached hydrogens (tertiary/aromatic N) is 3. The molecule has 0 aliphatic carbocycles. The Hall–Kier alpha value is -4.44. The lowest BCUT2D eigenvalue weighted by molar-refractivity contribution is 0.251. The predicted octanol–water partition coefficient (Wildman–Crippen LogP) is 5.40. The number of pyridine rings is 2. The van der Waals surface area contributed by atoms with Gasteiger partial charge in [0, 0.05) is 49.6 Å². The van der Waals surface area contributed by atoms with Gasteiger partial charge in [-0.05, 0) is 84.0 Å². The van der Waals surface area contributed by atoms with Gasteiger partial charge >= 0.3 is 6.03 Å². The summed E-state index contributed by atoms with van der Waals surface area (Å²) in [6.07, 6.45) is 8.70. The van der Waals surface area contributed by atoms with Crippen molar-refractivity contribution in [3.63, 3.8) is 0 Å². The van der Waals surface area contributed by atoms with Gasteiger partial charge in [-0.1, -0.05) is 30.3 Å². The number of nitrogens with one attached hydrogen (secondary N) is 3. The first-order chi connectivity index (χ1) is 19.4. The number of aromatic nitrogens is 2. The summed E-state index contributed by atoms with van der Waals surface area (Å²) in [6, 6.07) is 21.4. The van der Waals surface area contributed by atoms with E-state index >= 15 is 0 Å². The first kappa shape index (κ1) is 27.1.